The highest BCUT2D eigenvalue weighted by Crippen LogP contribution is 2.18. The number of nitrogens with one attached hydrogen (secondary N) is 1. The van der Waals surface area contributed by atoms with Gasteiger partial charge in [-0.3, -0.25) is 14.9 Å². The van der Waals surface area contributed by atoms with Crippen LogP contribution in [0, 0.1) is 11.3 Å². The third-order valence-corrected chi connectivity index (χ3v) is 5.98. The number of hydrogen-bond donors (Lipinski definition) is 1. The molecule has 0 saturated carbocycles. The van der Waals surface area contributed by atoms with Gasteiger partial charge in [-0.2, -0.15) is 14.9 Å². The maximum atomic E-state index is 12.2. The van der Waals surface area contributed by atoms with Crippen molar-refractivity contribution in [3.05, 3.63) is 74.1 Å². The Kier molecular flexibility index (Phi) is 6.34. The van der Waals surface area contributed by atoms with Crippen molar-refractivity contribution in [3.63, 3.8) is 0 Å². The summed E-state index contributed by atoms with van der Waals surface area (Å²) in [6.07, 6.45) is 3.79. The number of carbonyl (C=O) groups excluding carboxylic acids is 1. The number of amides is 1. The predicted octanol–water partition coefficient (Wildman–Crippen LogP) is 3.29. The molecule has 3 heterocycles. The third-order valence-electron chi connectivity index (χ3n) is 4.24. The van der Waals surface area contributed by atoms with Crippen LogP contribution in [0.25, 0.3) is 11.0 Å². The van der Waals surface area contributed by atoms with E-state index in [9.17, 15) is 14.9 Å². The van der Waals surface area contributed by atoms with Gasteiger partial charge in [0, 0.05) is 17.6 Å². The molecule has 1 N–H and O–H groups in total. The summed E-state index contributed by atoms with van der Waals surface area (Å²) in [4.78, 5) is 33.4. The third kappa shape index (κ3) is 4.88. The molecule has 0 fully saturated rings. The molecule has 160 valence electrons. The Morgan fingerprint density at radius 3 is 2.84 bits per heavy atom. The van der Waals surface area contributed by atoms with Gasteiger partial charge in [0.15, 0.2) is 5.13 Å². The van der Waals surface area contributed by atoms with E-state index in [0.29, 0.717) is 27.1 Å². The van der Waals surface area contributed by atoms with Gasteiger partial charge in [-0.1, -0.05) is 30.4 Å². The van der Waals surface area contributed by atoms with Crippen molar-refractivity contribution in [1.82, 2.24) is 19.6 Å². The molecule has 0 atom stereocenters. The van der Waals surface area contributed by atoms with Gasteiger partial charge in [0.1, 0.15) is 29.0 Å². The topological polar surface area (TPSA) is 122 Å². The highest BCUT2D eigenvalue weighted by molar-refractivity contribution is 7.16. The minimum Gasteiger partial charge on any atom is -0.487 e. The minimum atomic E-state index is -0.523. The molecule has 4 aromatic rings. The molecule has 1 aromatic carbocycles. The molecule has 3 aromatic heterocycles. The van der Waals surface area contributed by atoms with E-state index in [1.54, 1.807) is 35.8 Å². The summed E-state index contributed by atoms with van der Waals surface area (Å²) in [6, 6.07) is 10.2. The Bertz CT molecular complexity index is 1380. The molecular weight excluding hydrogens is 448 g/mol. The van der Waals surface area contributed by atoms with Crippen LogP contribution in [0.3, 0.4) is 0 Å². The van der Waals surface area contributed by atoms with E-state index in [0.717, 1.165) is 11.4 Å². The van der Waals surface area contributed by atoms with Crippen molar-refractivity contribution < 1.29 is 9.53 Å². The SMILES string of the molecule is CCc1nn2c(=O)cc(COc3ccc(C=C(C#N)C(=O)Nc4nccs4)cc3)nc2s1. The lowest BCUT2D eigenvalue weighted by Crippen LogP contribution is -2.16. The summed E-state index contributed by atoms with van der Waals surface area (Å²) in [7, 11) is 0. The monoisotopic (exact) mass is 464 g/mol. The number of nitriles is 1. The standard InChI is InChI=1S/C21H16N6O3S2/c1-2-17-26-27-18(28)10-15(24-21(27)32-17)12-30-16-5-3-13(4-6-16)9-14(11-22)19(29)25-20-23-7-8-31-20/h3-10H,2,12H2,1H3,(H,23,25,29). The zero-order valence-electron chi connectivity index (χ0n) is 16.8. The number of nitrogens with zero attached hydrogens (tertiary/aromatic N) is 5. The first kappa shape index (κ1) is 21.4. The molecule has 9 nitrogen and oxygen atoms in total. The van der Waals surface area contributed by atoms with E-state index < -0.39 is 5.91 Å². The van der Waals surface area contributed by atoms with Crippen LogP contribution in [0.4, 0.5) is 5.13 Å². The number of aryl methyl sites for hydroxylation is 1. The number of benzene rings is 1. The van der Waals surface area contributed by atoms with Gasteiger partial charge in [0.05, 0.1) is 5.69 Å². The number of rotatable bonds is 7. The zero-order chi connectivity index (χ0) is 22.5. The van der Waals surface area contributed by atoms with E-state index in [1.807, 2.05) is 13.0 Å². The Morgan fingerprint density at radius 2 is 2.16 bits per heavy atom. The van der Waals surface area contributed by atoms with Crippen LogP contribution < -0.4 is 15.6 Å². The second-order valence-electron chi connectivity index (χ2n) is 6.45. The van der Waals surface area contributed by atoms with E-state index >= 15 is 0 Å². The smallest absolute Gasteiger partial charge is 0.275 e. The number of aromatic nitrogens is 4. The quantitative estimate of drug-likeness (QED) is 0.329. The van der Waals surface area contributed by atoms with Crippen molar-refractivity contribution in [3.8, 4) is 11.8 Å². The van der Waals surface area contributed by atoms with Crippen molar-refractivity contribution >= 4 is 44.7 Å². The average molecular weight is 465 g/mol. The Hall–Kier alpha value is -3.88. The van der Waals surface area contributed by atoms with Crippen molar-refractivity contribution in [2.45, 2.75) is 20.0 Å². The summed E-state index contributed by atoms with van der Waals surface area (Å²) in [5, 5.41) is 19.1. The molecule has 0 aliphatic heterocycles. The second-order valence-corrected chi connectivity index (χ2v) is 8.38. The molecule has 0 bridgehead atoms. The van der Waals surface area contributed by atoms with Crippen LogP contribution in [0.2, 0.25) is 0 Å². The molecule has 0 aliphatic carbocycles. The van der Waals surface area contributed by atoms with Gasteiger partial charge in [0.25, 0.3) is 11.5 Å². The lowest BCUT2D eigenvalue weighted by molar-refractivity contribution is -0.112. The minimum absolute atomic E-state index is 0.0390. The summed E-state index contributed by atoms with van der Waals surface area (Å²) >= 11 is 2.65. The van der Waals surface area contributed by atoms with E-state index in [1.165, 1.54) is 39.3 Å². The Balaban J connectivity index is 1.43. The van der Waals surface area contributed by atoms with Crippen LogP contribution >= 0.6 is 22.7 Å². The Morgan fingerprint density at radius 1 is 1.34 bits per heavy atom. The summed E-state index contributed by atoms with van der Waals surface area (Å²) in [5.74, 6) is 0.0401. The molecule has 11 heteroatoms. The molecule has 0 saturated heterocycles. The van der Waals surface area contributed by atoms with Crippen LogP contribution in [-0.2, 0) is 17.8 Å². The average Bonchev–Trinajstić information content (AvgIpc) is 3.46. The van der Waals surface area contributed by atoms with Crippen LogP contribution in [0.5, 0.6) is 5.75 Å². The highest BCUT2D eigenvalue weighted by atomic mass is 32.1. The summed E-state index contributed by atoms with van der Waals surface area (Å²) in [5.41, 5.74) is 0.890. The first-order valence-electron chi connectivity index (χ1n) is 9.50. The van der Waals surface area contributed by atoms with Gasteiger partial charge in [0.2, 0.25) is 4.96 Å². The van der Waals surface area contributed by atoms with Crippen LogP contribution in [-0.4, -0.2) is 25.5 Å². The van der Waals surface area contributed by atoms with E-state index in [-0.39, 0.29) is 17.7 Å². The number of carbonyl (C=O) groups is 1. The van der Waals surface area contributed by atoms with E-state index in [2.05, 4.69) is 20.4 Å². The zero-order valence-corrected chi connectivity index (χ0v) is 18.4. The van der Waals surface area contributed by atoms with Gasteiger partial charge in [-0.05, 0) is 30.2 Å². The molecule has 0 spiro atoms. The fourth-order valence-corrected chi connectivity index (χ4v) is 4.08. The number of thiazole rings is 1. The van der Waals surface area contributed by atoms with E-state index in [4.69, 9.17) is 4.74 Å². The second kappa shape index (κ2) is 9.51. The molecule has 4 rings (SSSR count). The fraction of sp³-hybridized carbons (Fsp3) is 0.143. The first-order chi connectivity index (χ1) is 15.6. The number of anilines is 1. The molecule has 0 unspecified atom stereocenters. The van der Waals surface area contributed by atoms with Gasteiger partial charge >= 0.3 is 0 Å². The van der Waals surface area contributed by atoms with Crippen molar-refractivity contribution in [2.75, 3.05) is 5.32 Å². The first-order valence-corrected chi connectivity index (χ1v) is 11.2. The molecule has 0 aliphatic rings. The summed E-state index contributed by atoms with van der Waals surface area (Å²) in [6.45, 7) is 2.10. The lowest BCUT2D eigenvalue weighted by atomic mass is 10.1. The van der Waals surface area contributed by atoms with Crippen molar-refractivity contribution in [1.29, 1.82) is 5.26 Å². The number of hydrogen-bond acceptors (Lipinski definition) is 9. The van der Waals surface area contributed by atoms with Crippen LogP contribution in [0.1, 0.15) is 23.2 Å². The maximum absolute atomic E-state index is 12.2. The number of ether oxygens (including phenoxy) is 1. The van der Waals surface area contributed by atoms with Gasteiger partial charge in [-0.25, -0.2) is 9.97 Å². The largest absolute Gasteiger partial charge is 0.487 e. The molecule has 32 heavy (non-hydrogen) atoms. The normalized spacial score (nSPS) is 11.3. The lowest BCUT2D eigenvalue weighted by Gasteiger charge is -2.06. The molecule has 1 amide bonds. The maximum Gasteiger partial charge on any atom is 0.275 e. The predicted molar refractivity (Wildman–Crippen MR) is 122 cm³/mol. The number of fused-ring (bicyclic) bond motifs is 1. The summed E-state index contributed by atoms with van der Waals surface area (Å²) < 4.78 is 7.03. The fourth-order valence-electron chi connectivity index (χ4n) is 2.70. The molecule has 0 radical (unpaired) electrons. The Labute approximate surface area is 190 Å². The van der Waals surface area contributed by atoms with Crippen molar-refractivity contribution in [2.24, 2.45) is 0 Å². The van der Waals surface area contributed by atoms with Crippen LogP contribution in [0.15, 0.2) is 52.3 Å². The van der Waals surface area contributed by atoms with Gasteiger partial charge in [-0.15, -0.1) is 11.3 Å². The molecular formula is C21H16N6O3S2. The van der Waals surface area contributed by atoms with Gasteiger partial charge < -0.3 is 4.74 Å². The highest BCUT2D eigenvalue weighted by Gasteiger charge is 2.11.